The van der Waals surface area contributed by atoms with Crippen LogP contribution >= 0.6 is 43.5 Å². The molecule has 94 valence electrons. The second kappa shape index (κ2) is 5.83. The maximum Gasteiger partial charge on any atom is 0.159 e. The van der Waals surface area contributed by atoms with Crippen LogP contribution in [0.5, 0.6) is 0 Å². The van der Waals surface area contributed by atoms with Crippen LogP contribution in [0.25, 0.3) is 0 Å². The molecule has 0 unspecified atom stereocenters. The molecule has 18 heavy (non-hydrogen) atoms. The largest absolute Gasteiger partial charge is 0.339 e. The van der Waals surface area contributed by atoms with Gasteiger partial charge in [-0.25, -0.2) is 15.8 Å². The molecular weight excluding hydrogens is 385 g/mol. The summed E-state index contributed by atoms with van der Waals surface area (Å²) >= 11 is 12.7. The van der Waals surface area contributed by atoms with E-state index in [1.54, 1.807) is 6.07 Å². The summed E-state index contributed by atoms with van der Waals surface area (Å²) in [5.41, 5.74) is 3.28. The number of aromatic nitrogens is 2. The molecule has 0 bridgehead atoms. The lowest BCUT2D eigenvalue weighted by molar-refractivity contribution is 1.12. The Morgan fingerprint density at radius 2 is 1.89 bits per heavy atom. The fraction of sp³-hybridized carbons (Fsp3) is 0. The van der Waals surface area contributed by atoms with E-state index in [0.717, 1.165) is 10.2 Å². The number of halogens is 3. The molecule has 1 aromatic heterocycles. The fourth-order valence-electron chi connectivity index (χ4n) is 1.27. The van der Waals surface area contributed by atoms with Gasteiger partial charge in [0.1, 0.15) is 16.6 Å². The van der Waals surface area contributed by atoms with Crippen LogP contribution in [0.2, 0.25) is 5.02 Å². The van der Waals surface area contributed by atoms with Crippen molar-refractivity contribution in [3.8, 4) is 0 Å². The van der Waals surface area contributed by atoms with Gasteiger partial charge in [0, 0.05) is 10.2 Å². The minimum absolute atomic E-state index is 0.496. The summed E-state index contributed by atoms with van der Waals surface area (Å²) < 4.78 is 1.48. The molecule has 0 fully saturated rings. The van der Waals surface area contributed by atoms with Crippen molar-refractivity contribution in [1.82, 2.24) is 9.97 Å². The zero-order valence-electron chi connectivity index (χ0n) is 8.92. The second-order valence-corrected chi connectivity index (χ2v) is 5.34. The lowest BCUT2D eigenvalue weighted by Gasteiger charge is -2.10. The summed E-state index contributed by atoms with van der Waals surface area (Å²) in [6, 6.07) is 5.51. The number of hydrogen-bond donors (Lipinski definition) is 3. The van der Waals surface area contributed by atoms with E-state index in [2.05, 4.69) is 52.6 Å². The Balaban J connectivity index is 2.31. The van der Waals surface area contributed by atoms with Gasteiger partial charge in [-0.1, -0.05) is 11.6 Å². The van der Waals surface area contributed by atoms with E-state index in [1.807, 2.05) is 12.1 Å². The summed E-state index contributed by atoms with van der Waals surface area (Å²) in [6.07, 6.45) is 1.41. The predicted molar refractivity (Wildman–Crippen MR) is 80.0 cm³/mol. The molecule has 0 saturated carbocycles. The molecule has 0 spiro atoms. The Bertz CT molecular complexity index is 578. The van der Waals surface area contributed by atoms with Gasteiger partial charge >= 0.3 is 0 Å². The third-order valence-corrected chi connectivity index (χ3v) is 4.09. The van der Waals surface area contributed by atoms with Crippen LogP contribution in [-0.2, 0) is 0 Å². The van der Waals surface area contributed by atoms with Gasteiger partial charge in [0.05, 0.1) is 5.02 Å². The molecule has 0 aliphatic heterocycles. The summed E-state index contributed by atoms with van der Waals surface area (Å²) in [4.78, 5) is 8.08. The lowest BCUT2D eigenvalue weighted by atomic mass is 10.3. The second-order valence-electron chi connectivity index (χ2n) is 3.28. The molecule has 0 atom stereocenters. The van der Waals surface area contributed by atoms with E-state index in [4.69, 9.17) is 17.4 Å². The number of hydrogen-bond acceptors (Lipinski definition) is 5. The Hall–Kier alpha value is -0.890. The van der Waals surface area contributed by atoms with Crippen molar-refractivity contribution in [3.63, 3.8) is 0 Å². The quantitative estimate of drug-likeness (QED) is 0.548. The highest BCUT2D eigenvalue weighted by Crippen LogP contribution is 2.31. The molecule has 0 aliphatic carbocycles. The Labute approximate surface area is 125 Å². The fourth-order valence-corrected chi connectivity index (χ4v) is 2.11. The third kappa shape index (κ3) is 2.92. The van der Waals surface area contributed by atoms with Crippen molar-refractivity contribution >= 4 is 60.8 Å². The topological polar surface area (TPSA) is 75.9 Å². The van der Waals surface area contributed by atoms with Crippen LogP contribution < -0.4 is 16.6 Å². The Morgan fingerprint density at radius 3 is 2.56 bits per heavy atom. The van der Waals surface area contributed by atoms with Crippen molar-refractivity contribution < 1.29 is 0 Å². The molecule has 2 aromatic rings. The van der Waals surface area contributed by atoms with Crippen LogP contribution in [0, 0.1) is 0 Å². The van der Waals surface area contributed by atoms with E-state index in [-0.39, 0.29) is 0 Å². The SMILES string of the molecule is NNc1ncnc(Nc2ccc(Br)c(Cl)c2)c1Br. The maximum atomic E-state index is 6.01. The summed E-state index contributed by atoms with van der Waals surface area (Å²) in [6.45, 7) is 0. The van der Waals surface area contributed by atoms with Crippen molar-refractivity contribution in [1.29, 1.82) is 0 Å². The molecule has 0 saturated heterocycles. The number of nitrogens with one attached hydrogen (secondary N) is 2. The van der Waals surface area contributed by atoms with E-state index >= 15 is 0 Å². The maximum absolute atomic E-state index is 6.01. The first-order valence-corrected chi connectivity index (χ1v) is 6.77. The minimum Gasteiger partial charge on any atom is -0.339 e. The van der Waals surface area contributed by atoms with E-state index < -0.39 is 0 Å². The molecule has 0 aliphatic rings. The lowest BCUT2D eigenvalue weighted by Crippen LogP contribution is -2.10. The number of nitrogens with zero attached hydrogens (tertiary/aromatic N) is 2. The summed E-state index contributed by atoms with van der Waals surface area (Å²) in [5, 5.41) is 3.73. The number of rotatable bonds is 3. The molecule has 2 rings (SSSR count). The zero-order valence-corrected chi connectivity index (χ0v) is 12.8. The first kappa shape index (κ1) is 13.5. The van der Waals surface area contributed by atoms with Gasteiger partial charge in [-0.05, 0) is 50.1 Å². The van der Waals surface area contributed by atoms with Crippen molar-refractivity contribution in [2.75, 3.05) is 10.7 Å². The highest BCUT2D eigenvalue weighted by atomic mass is 79.9. The zero-order chi connectivity index (χ0) is 13.1. The van der Waals surface area contributed by atoms with Gasteiger partial charge in [-0.3, -0.25) is 0 Å². The summed E-state index contributed by atoms with van der Waals surface area (Å²) in [5.74, 6) is 6.42. The number of nitrogen functional groups attached to an aromatic ring is 1. The van der Waals surface area contributed by atoms with Crippen LogP contribution in [-0.4, -0.2) is 9.97 Å². The first-order valence-electron chi connectivity index (χ1n) is 4.81. The van der Waals surface area contributed by atoms with Crippen molar-refractivity contribution in [3.05, 3.63) is 38.5 Å². The molecule has 0 amide bonds. The molecule has 8 heteroatoms. The number of anilines is 3. The van der Waals surface area contributed by atoms with Crippen molar-refractivity contribution in [2.45, 2.75) is 0 Å². The first-order chi connectivity index (χ1) is 8.61. The highest BCUT2D eigenvalue weighted by molar-refractivity contribution is 9.11. The van der Waals surface area contributed by atoms with E-state index in [9.17, 15) is 0 Å². The monoisotopic (exact) mass is 391 g/mol. The average molecular weight is 393 g/mol. The normalized spacial score (nSPS) is 10.2. The Morgan fingerprint density at radius 1 is 1.17 bits per heavy atom. The molecule has 1 aromatic carbocycles. The molecule has 1 heterocycles. The molecular formula is C10H8Br2ClN5. The highest BCUT2D eigenvalue weighted by Gasteiger charge is 2.08. The van der Waals surface area contributed by atoms with Gasteiger partial charge in [0.25, 0.3) is 0 Å². The van der Waals surface area contributed by atoms with Crippen LogP contribution in [0.1, 0.15) is 0 Å². The number of nitrogens with two attached hydrogens (primary N) is 1. The third-order valence-electron chi connectivity index (χ3n) is 2.11. The van der Waals surface area contributed by atoms with Gasteiger partial charge in [0.2, 0.25) is 0 Å². The van der Waals surface area contributed by atoms with Gasteiger partial charge < -0.3 is 10.7 Å². The standard InChI is InChI=1S/C10H8Br2ClN5/c11-6-2-1-5(3-7(6)13)17-9-8(12)10(18-14)16-4-15-9/h1-4H,14H2,(H2,15,16,17,18). The van der Waals surface area contributed by atoms with Gasteiger partial charge in [-0.2, -0.15) is 0 Å². The van der Waals surface area contributed by atoms with E-state index in [1.165, 1.54) is 6.33 Å². The minimum atomic E-state index is 0.496. The number of hydrazine groups is 1. The van der Waals surface area contributed by atoms with Gasteiger partial charge in [-0.15, -0.1) is 0 Å². The molecule has 0 radical (unpaired) electrons. The smallest absolute Gasteiger partial charge is 0.159 e. The molecule has 5 nitrogen and oxygen atoms in total. The number of benzene rings is 1. The predicted octanol–water partition coefficient (Wildman–Crippen LogP) is 3.68. The van der Waals surface area contributed by atoms with Crippen LogP contribution in [0.15, 0.2) is 33.5 Å². The average Bonchev–Trinajstić information content (AvgIpc) is 2.36. The van der Waals surface area contributed by atoms with E-state index in [0.29, 0.717) is 21.1 Å². The molecule has 4 N–H and O–H groups in total. The summed E-state index contributed by atoms with van der Waals surface area (Å²) in [7, 11) is 0. The van der Waals surface area contributed by atoms with Crippen LogP contribution in [0.4, 0.5) is 17.3 Å². The van der Waals surface area contributed by atoms with Gasteiger partial charge in [0.15, 0.2) is 5.82 Å². The Kier molecular flexibility index (Phi) is 4.39. The van der Waals surface area contributed by atoms with Crippen molar-refractivity contribution in [2.24, 2.45) is 5.84 Å². The van der Waals surface area contributed by atoms with Crippen LogP contribution in [0.3, 0.4) is 0 Å².